The van der Waals surface area contributed by atoms with E-state index in [0.717, 1.165) is 38.4 Å². The Bertz CT molecular complexity index is 1980. The lowest BCUT2D eigenvalue weighted by Gasteiger charge is -2.46. The molecule has 0 bridgehead atoms. The number of phenolic OH excluding ortho intramolecular Hbond substituents is 1. The average molecular weight is 727 g/mol. The monoisotopic (exact) mass is 726 g/mol. The van der Waals surface area contributed by atoms with Crippen LogP contribution in [0.4, 0.5) is 0 Å². The molecule has 8 nitrogen and oxygen atoms in total. The first-order valence-electron chi connectivity index (χ1n) is 18.5. The molecule has 0 unspecified atom stereocenters. The van der Waals surface area contributed by atoms with E-state index >= 15 is 0 Å². The Morgan fingerprint density at radius 3 is 2.25 bits per heavy atom. The number of benzene rings is 3. The smallest absolute Gasteiger partial charge is 0.455 e. The van der Waals surface area contributed by atoms with Gasteiger partial charge in [0.25, 0.3) is 8.32 Å². The van der Waals surface area contributed by atoms with Crippen LogP contribution < -0.4 is 10.4 Å². The SMILES string of the molecule is CN1C(=O)[C@@H]2[C@@H](CC(CO[Si](c3ccccc3)(c3ccccc3)C(C)(C)C)=C3[C@@H](CC/C(=C/c4cccc(O)c4)c4ccccn4)OB(O)C[C@@H]32)C1=O. The lowest BCUT2D eigenvalue weighted by molar-refractivity contribution is -0.138. The predicted molar refractivity (Wildman–Crippen MR) is 211 cm³/mol. The molecule has 7 rings (SSSR count). The summed E-state index contributed by atoms with van der Waals surface area (Å²) in [4.78, 5) is 33.3. The van der Waals surface area contributed by atoms with Crippen molar-refractivity contribution in [1.82, 2.24) is 9.88 Å². The van der Waals surface area contributed by atoms with Crippen LogP contribution in [0, 0.1) is 17.8 Å². The standard InChI is InChI=1S/C43H47BN2O6Si/c1-43(2,3)53(33-16-7-5-8-17-33,34-18-9-6-10-19-34)51-28-31-26-35-40(42(49)46(4)41(35)48)36-27-44(50)52-38(39(31)36)22-21-30(37-20-11-12-23-45-37)24-29-14-13-15-32(47)25-29/h5-20,23-25,35-36,38,40,47,50H,21-22,26-28H2,1-4H3/b30-24-/t35-,36+,38-,40-/m1/s1. The Balaban J connectivity index is 1.31. The van der Waals surface area contributed by atoms with Gasteiger partial charge >= 0.3 is 7.12 Å². The first-order chi connectivity index (χ1) is 25.5. The second-order valence-electron chi connectivity index (χ2n) is 15.5. The number of likely N-dealkylation sites (tertiary alicyclic amines) is 1. The van der Waals surface area contributed by atoms with Gasteiger partial charge in [-0.3, -0.25) is 19.5 Å². The second kappa shape index (κ2) is 15.0. The molecule has 53 heavy (non-hydrogen) atoms. The molecule has 4 atom stereocenters. The van der Waals surface area contributed by atoms with E-state index in [0.29, 0.717) is 19.3 Å². The number of fused-ring (bicyclic) bond motifs is 3. The fourth-order valence-electron chi connectivity index (χ4n) is 8.94. The molecular weight excluding hydrogens is 679 g/mol. The number of allylic oxidation sites excluding steroid dienone is 1. The molecule has 0 saturated carbocycles. The number of imide groups is 1. The van der Waals surface area contributed by atoms with Crippen molar-refractivity contribution in [3.63, 3.8) is 0 Å². The van der Waals surface area contributed by atoms with E-state index in [9.17, 15) is 19.7 Å². The number of aromatic hydroxyl groups is 1. The van der Waals surface area contributed by atoms with Crippen molar-refractivity contribution in [2.45, 2.75) is 57.5 Å². The molecular formula is C43H47BN2O6Si. The molecule has 2 N–H and O–H groups in total. The highest BCUT2D eigenvalue weighted by molar-refractivity contribution is 6.99. The molecule has 272 valence electrons. The van der Waals surface area contributed by atoms with E-state index in [1.54, 1.807) is 31.4 Å². The Hall–Kier alpha value is -4.61. The van der Waals surface area contributed by atoms with E-state index in [1.807, 2.05) is 42.5 Å². The van der Waals surface area contributed by atoms with Crippen molar-refractivity contribution in [2.75, 3.05) is 13.7 Å². The minimum atomic E-state index is -2.96. The number of aromatic nitrogens is 1. The largest absolute Gasteiger partial charge is 0.508 e. The van der Waals surface area contributed by atoms with Crippen LogP contribution in [0.1, 0.15) is 51.3 Å². The summed E-state index contributed by atoms with van der Waals surface area (Å²) in [6, 6.07) is 33.8. The molecule has 2 amide bonds. The van der Waals surface area contributed by atoms with Gasteiger partial charge in [-0.2, -0.15) is 0 Å². The molecule has 0 spiro atoms. The fourth-order valence-corrected chi connectivity index (χ4v) is 13.5. The lowest BCUT2D eigenvalue weighted by Crippen LogP contribution is -2.66. The van der Waals surface area contributed by atoms with E-state index in [-0.39, 0.29) is 41.4 Å². The predicted octanol–water partition coefficient (Wildman–Crippen LogP) is 6.11. The fraction of sp³-hybridized carbons (Fsp3) is 0.326. The van der Waals surface area contributed by atoms with Crippen molar-refractivity contribution in [1.29, 1.82) is 0 Å². The highest BCUT2D eigenvalue weighted by atomic mass is 28.4. The zero-order chi connectivity index (χ0) is 37.3. The van der Waals surface area contributed by atoms with E-state index < -0.39 is 33.4 Å². The molecule has 3 aliphatic rings. The zero-order valence-electron chi connectivity index (χ0n) is 30.8. The first kappa shape index (κ1) is 36.7. The molecule has 2 saturated heterocycles. The van der Waals surface area contributed by atoms with Gasteiger partial charge in [0.15, 0.2) is 0 Å². The number of amides is 2. The molecule has 2 fully saturated rings. The maximum absolute atomic E-state index is 13.7. The lowest BCUT2D eigenvalue weighted by atomic mass is 9.58. The summed E-state index contributed by atoms with van der Waals surface area (Å²) in [7, 11) is -2.48. The highest BCUT2D eigenvalue weighted by Crippen LogP contribution is 2.51. The molecule has 1 aromatic heterocycles. The number of rotatable bonds is 10. The van der Waals surface area contributed by atoms with Crippen molar-refractivity contribution in [3.8, 4) is 5.75 Å². The summed E-state index contributed by atoms with van der Waals surface area (Å²) >= 11 is 0. The van der Waals surface area contributed by atoms with Crippen LogP contribution in [-0.4, -0.2) is 67.0 Å². The summed E-state index contributed by atoms with van der Waals surface area (Å²) in [5.41, 5.74) is 4.54. The number of nitrogens with zero attached hydrogens (tertiary/aromatic N) is 2. The van der Waals surface area contributed by atoms with Crippen LogP contribution in [0.5, 0.6) is 5.75 Å². The number of hydrogen-bond acceptors (Lipinski definition) is 7. The highest BCUT2D eigenvalue weighted by Gasteiger charge is 2.57. The number of pyridine rings is 1. The maximum atomic E-state index is 13.7. The number of hydrogen-bond donors (Lipinski definition) is 2. The van der Waals surface area contributed by atoms with E-state index in [4.69, 9.17) is 9.08 Å². The molecule has 2 aliphatic heterocycles. The first-order valence-corrected chi connectivity index (χ1v) is 20.4. The Morgan fingerprint density at radius 2 is 1.62 bits per heavy atom. The summed E-state index contributed by atoms with van der Waals surface area (Å²) in [6.45, 7) is 7.00. The van der Waals surface area contributed by atoms with Gasteiger partial charge in [0.2, 0.25) is 11.8 Å². The van der Waals surface area contributed by atoms with Gasteiger partial charge in [-0.1, -0.05) is 99.6 Å². The topological polar surface area (TPSA) is 109 Å². The average Bonchev–Trinajstić information content (AvgIpc) is 3.37. The molecule has 1 aliphatic carbocycles. The van der Waals surface area contributed by atoms with E-state index in [2.05, 4.69) is 74.3 Å². The maximum Gasteiger partial charge on any atom is 0.455 e. The summed E-state index contributed by atoms with van der Waals surface area (Å²) in [5, 5.41) is 23.5. The van der Waals surface area contributed by atoms with Crippen LogP contribution in [0.2, 0.25) is 11.4 Å². The molecule has 0 radical (unpaired) electrons. The molecule has 3 aromatic carbocycles. The summed E-state index contributed by atoms with van der Waals surface area (Å²) < 4.78 is 13.9. The minimum Gasteiger partial charge on any atom is -0.508 e. The molecule has 3 heterocycles. The van der Waals surface area contributed by atoms with Gasteiger partial charge < -0.3 is 19.2 Å². The van der Waals surface area contributed by atoms with Crippen molar-refractivity contribution in [2.24, 2.45) is 17.8 Å². The third kappa shape index (κ3) is 7.09. The molecule has 4 aromatic rings. The van der Waals surface area contributed by atoms with Crippen LogP contribution in [0.3, 0.4) is 0 Å². The Morgan fingerprint density at radius 1 is 0.943 bits per heavy atom. The van der Waals surface area contributed by atoms with Crippen LogP contribution in [0.25, 0.3) is 11.6 Å². The zero-order valence-corrected chi connectivity index (χ0v) is 31.8. The minimum absolute atomic E-state index is 0.175. The normalized spacial score (nSPS) is 22.2. The summed E-state index contributed by atoms with van der Waals surface area (Å²) in [6.07, 6.45) is 4.93. The molecule has 10 heteroatoms. The van der Waals surface area contributed by atoms with Crippen LogP contribution in [-0.2, 0) is 18.7 Å². The number of carbonyl (C=O) groups is 2. The number of carbonyl (C=O) groups excluding carboxylic acids is 2. The van der Waals surface area contributed by atoms with Gasteiger partial charge in [-0.25, -0.2) is 0 Å². The van der Waals surface area contributed by atoms with Gasteiger partial charge in [0.1, 0.15) is 5.75 Å². The van der Waals surface area contributed by atoms with Gasteiger partial charge in [0, 0.05) is 13.2 Å². The van der Waals surface area contributed by atoms with Crippen molar-refractivity contribution >= 4 is 49.3 Å². The Kier molecular flexibility index (Phi) is 10.4. The third-order valence-electron chi connectivity index (χ3n) is 11.3. The van der Waals surface area contributed by atoms with Gasteiger partial charge in [-0.15, -0.1) is 0 Å². The second-order valence-corrected chi connectivity index (χ2v) is 19.8. The van der Waals surface area contributed by atoms with Crippen LogP contribution in [0.15, 0.2) is 120 Å². The van der Waals surface area contributed by atoms with Crippen LogP contribution >= 0.6 is 0 Å². The quantitative estimate of drug-likeness (QED) is 0.115. The van der Waals surface area contributed by atoms with Gasteiger partial charge in [0.05, 0.1) is 30.2 Å². The van der Waals surface area contributed by atoms with E-state index in [1.165, 1.54) is 4.90 Å². The van der Waals surface area contributed by atoms with Crippen molar-refractivity contribution in [3.05, 3.63) is 132 Å². The third-order valence-corrected chi connectivity index (χ3v) is 16.3. The number of phenols is 1. The summed E-state index contributed by atoms with van der Waals surface area (Å²) in [5.74, 6) is -1.63. The van der Waals surface area contributed by atoms with Gasteiger partial charge in [-0.05, 0) is 99.5 Å². The Labute approximate surface area is 313 Å². The van der Waals surface area contributed by atoms with Crippen molar-refractivity contribution < 1.29 is 28.8 Å².